The van der Waals surface area contributed by atoms with E-state index in [1.54, 1.807) is 36.4 Å². The lowest BCUT2D eigenvalue weighted by molar-refractivity contribution is -0.111. The average Bonchev–Trinajstić information content (AvgIpc) is 2.60. The predicted octanol–water partition coefficient (Wildman–Crippen LogP) is 4.43. The van der Waals surface area contributed by atoms with Crippen LogP contribution >= 0.6 is 23.2 Å². The molecule has 0 radical (unpaired) electrons. The highest BCUT2D eigenvalue weighted by molar-refractivity contribution is 6.32. The summed E-state index contributed by atoms with van der Waals surface area (Å²) in [5.74, 6) is 1.29. The predicted molar refractivity (Wildman–Crippen MR) is 98.1 cm³/mol. The molecule has 0 saturated heterocycles. The Hall–Kier alpha value is -2.37. The minimum Gasteiger partial charge on any atom is -0.495 e. The molecule has 130 valence electrons. The van der Waals surface area contributed by atoms with Crippen molar-refractivity contribution in [3.8, 4) is 17.2 Å². The van der Waals surface area contributed by atoms with Crippen LogP contribution in [0.2, 0.25) is 10.0 Å². The fraction of sp³-hybridized carbons (Fsp3) is 0.167. The van der Waals surface area contributed by atoms with Crippen molar-refractivity contribution in [2.24, 2.45) is 0 Å². The van der Waals surface area contributed by atoms with Crippen LogP contribution in [0.25, 0.3) is 6.08 Å². The van der Waals surface area contributed by atoms with E-state index in [9.17, 15) is 4.79 Å². The van der Waals surface area contributed by atoms with E-state index in [2.05, 4.69) is 5.32 Å². The molecule has 1 heterocycles. The molecule has 0 aliphatic carbocycles. The van der Waals surface area contributed by atoms with Gasteiger partial charge in [-0.2, -0.15) is 0 Å². The SMILES string of the molecule is COc1ccc(Cl)cc1NC(=O)/C=C/c1cc(Cl)c2c(c1)OCCO2. The summed E-state index contributed by atoms with van der Waals surface area (Å²) in [6.07, 6.45) is 3.03. The van der Waals surface area contributed by atoms with Crippen LogP contribution in [0.1, 0.15) is 5.56 Å². The van der Waals surface area contributed by atoms with Crippen molar-refractivity contribution < 1.29 is 19.0 Å². The second-order valence-electron chi connectivity index (χ2n) is 5.19. The molecule has 0 spiro atoms. The van der Waals surface area contributed by atoms with Crippen LogP contribution in [-0.4, -0.2) is 26.2 Å². The Morgan fingerprint density at radius 3 is 2.80 bits per heavy atom. The highest BCUT2D eigenvalue weighted by atomic mass is 35.5. The smallest absolute Gasteiger partial charge is 0.248 e. The molecule has 0 bridgehead atoms. The van der Waals surface area contributed by atoms with Crippen LogP contribution < -0.4 is 19.5 Å². The van der Waals surface area contributed by atoms with E-state index in [0.29, 0.717) is 46.2 Å². The summed E-state index contributed by atoms with van der Waals surface area (Å²) in [6.45, 7) is 0.928. The zero-order valence-corrected chi connectivity index (χ0v) is 14.9. The molecule has 0 aromatic heterocycles. The normalized spacial score (nSPS) is 12.9. The number of nitrogens with one attached hydrogen (secondary N) is 1. The number of ether oxygens (including phenoxy) is 3. The second kappa shape index (κ2) is 7.68. The van der Waals surface area contributed by atoms with Crippen molar-refractivity contribution in [1.82, 2.24) is 0 Å². The van der Waals surface area contributed by atoms with Crippen molar-refractivity contribution in [2.45, 2.75) is 0 Å². The van der Waals surface area contributed by atoms with Crippen molar-refractivity contribution in [2.75, 3.05) is 25.6 Å². The molecular weight excluding hydrogens is 365 g/mol. The van der Waals surface area contributed by atoms with Gasteiger partial charge < -0.3 is 19.5 Å². The first kappa shape index (κ1) is 17.5. The van der Waals surface area contributed by atoms with E-state index in [0.717, 1.165) is 5.56 Å². The fourth-order valence-corrected chi connectivity index (χ4v) is 2.80. The number of carbonyl (C=O) groups excluding carboxylic acids is 1. The van der Waals surface area contributed by atoms with Crippen LogP contribution in [0, 0.1) is 0 Å². The van der Waals surface area contributed by atoms with Crippen molar-refractivity contribution in [3.05, 3.63) is 52.0 Å². The molecule has 1 amide bonds. The number of hydrogen-bond acceptors (Lipinski definition) is 4. The molecule has 0 unspecified atom stereocenters. The number of benzene rings is 2. The molecule has 1 aliphatic heterocycles. The molecule has 0 atom stereocenters. The topological polar surface area (TPSA) is 56.8 Å². The number of anilines is 1. The number of fused-ring (bicyclic) bond motifs is 1. The van der Waals surface area contributed by atoms with Gasteiger partial charge >= 0.3 is 0 Å². The molecular formula is C18H15Cl2NO4. The number of rotatable bonds is 4. The minimum absolute atomic E-state index is 0.327. The molecule has 2 aromatic carbocycles. The van der Waals surface area contributed by atoms with Crippen molar-refractivity contribution >= 4 is 40.9 Å². The lowest BCUT2D eigenvalue weighted by Gasteiger charge is -2.19. The summed E-state index contributed by atoms with van der Waals surface area (Å²) >= 11 is 12.1. The molecule has 1 N–H and O–H groups in total. The Morgan fingerprint density at radius 1 is 1.20 bits per heavy atom. The number of halogens is 2. The van der Waals surface area contributed by atoms with Crippen LogP contribution in [-0.2, 0) is 4.79 Å². The summed E-state index contributed by atoms with van der Waals surface area (Å²) in [6, 6.07) is 8.46. The second-order valence-corrected chi connectivity index (χ2v) is 6.04. The van der Waals surface area contributed by atoms with Gasteiger partial charge in [-0.25, -0.2) is 0 Å². The monoisotopic (exact) mass is 379 g/mol. The Bertz CT molecular complexity index is 836. The van der Waals surface area contributed by atoms with Gasteiger partial charge in [0.1, 0.15) is 19.0 Å². The number of methoxy groups -OCH3 is 1. The fourth-order valence-electron chi connectivity index (χ4n) is 2.35. The van der Waals surface area contributed by atoms with Crippen LogP contribution in [0.3, 0.4) is 0 Å². The van der Waals surface area contributed by atoms with Gasteiger partial charge in [-0.3, -0.25) is 4.79 Å². The van der Waals surface area contributed by atoms with E-state index in [-0.39, 0.29) is 5.91 Å². The summed E-state index contributed by atoms with van der Waals surface area (Å²) < 4.78 is 16.2. The van der Waals surface area contributed by atoms with E-state index < -0.39 is 0 Å². The Balaban J connectivity index is 1.75. The summed E-state index contributed by atoms with van der Waals surface area (Å²) in [7, 11) is 1.52. The third kappa shape index (κ3) is 4.18. The summed E-state index contributed by atoms with van der Waals surface area (Å²) in [5.41, 5.74) is 1.22. The standard InChI is InChI=1S/C18H15Cl2NO4/c1-23-15-4-3-12(19)10-14(15)21-17(22)5-2-11-8-13(20)18-16(9-11)24-6-7-25-18/h2-5,8-10H,6-7H2,1H3,(H,21,22)/b5-2+. The van der Waals surface area contributed by atoms with Crippen LogP contribution in [0.4, 0.5) is 5.69 Å². The average molecular weight is 380 g/mol. The number of carbonyl (C=O) groups is 1. The Kier molecular flexibility index (Phi) is 5.36. The maximum Gasteiger partial charge on any atom is 0.248 e. The van der Waals surface area contributed by atoms with Gasteiger partial charge in [-0.1, -0.05) is 23.2 Å². The molecule has 2 aromatic rings. The first-order valence-electron chi connectivity index (χ1n) is 7.48. The minimum atomic E-state index is -0.327. The summed E-state index contributed by atoms with van der Waals surface area (Å²) in [5, 5.41) is 3.66. The van der Waals surface area contributed by atoms with Gasteiger partial charge in [0.15, 0.2) is 11.5 Å². The lowest BCUT2D eigenvalue weighted by atomic mass is 10.1. The highest BCUT2D eigenvalue weighted by Gasteiger charge is 2.16. The molecule has 25 heavy (non-hydrogen) atoms. The van der Waals surface area contributed by atoms with Crippen molar-refractivity contribution in [1.29, 1.82) is 0 Å². The zero-order chi connectivity index (χ0) is 17.8. The van der Waals surface area contributed by atoms with Gasteiger partial charge in [0, 0.05) is 11.1 Å². The Morgan fingerprint density at radius 2 is 2.00 bits per heavy atom. The summed E-state index contributed by atoms with van der Waals surface area (Å²) in [4.78, 5) is 12.2. The molecule has 0 saturated carbocycles. The van der Waals surface area contributed by atoms with E-state index >= 15 is 0 Å². The lowest BCUT2D eigenvalue weighted by Crippen LogP contribution is -2.15. The number of hydrogen-bond donors (Lipinski definition) is 1. The van der Waals surface area contributed by atoms with Gasteiger partial charge in [-0.15, -0.1) is 0 Å². The molecule has 5 nitrogen and oxygen atoms in total. The first-order chi connectivity index (χ1) is 12.1. The highest BCUT2D eigenvalue weighted by Crippen LogP contribution is 2.38. The van der Waals surface area contributed by atoms with Crippen molar-refractivity contribution in [3.63, 3.8) is 0 Å². The van der Waals surface area contributed by atoms with Crippen LogP contribution in [0.15, 0.2) is 36.4 Å². The van der Waals surface area contributed by atoms with Gasteiger partial charge in [0.25, 0.3) is 0 Å². The maximum absolute atomic E-state index is 12.2. The zero-order valence-electron chi connectivity index (χ0n) is 13.3. The van der Waals surface area contributed by atoms with Gasteiger partial charge in [-0.05, 0) is 42.0 Å². The third-order valence-electron chi connectivity index (χ3n) is 3.47. The molecule has 1 aliphatic rings. The van der Waals surface area contributed by atoms with Crippen LogP contribution in [0.5, 0.6) is 17.2 Å². The third-order valence-corrected chi connectivity index (χ3v) is 3.98. The first-order valence-corrected chi connectivity index (χ1v) is 8.24. The largest absolute Gasteiger partial charge is 0.495 e. The Labute approximate surface area is 155 Å². The van der Waals surface area contributed by atoms with E-state index in [1.807, 2.05) is 0 Å². The molecule has 0 fully saturated rings. The quantitative estimate of drug-likeness (QED) is 0.798. The maximum atomic E-state index is 12.2. The van der Waals surface area contributed by atoms with E-state index in [4.69, 9.17) is 37.4 Å². The van der Waals surface area contributed by atoms with Gasteiger partial charge in [0.2, 0.25) is 5.91 Å². The molecule has 3 rings (SSSR count). The van der Waals surface area contributed by atoms with E-state index in [1.165, 1.54) is 13.2 Å². The van der Waals surface area contributed by atoms with Gasteiger partial charge in [0.05, 0.1) is 17.8 Å². The number of amides is 1. The molecule has 7 heteroatoms.